The number of aliphatic hydroxyl groups is 1. The highest BCUT2D eigenvalue weighted by molar-refractivity contribution is 5.63. The first-order valence-electron chi connectivity index (χ1n) is 6.66. The highest BCUT2D eigenvalue weighted by Gasteiger charge is 2.02. The lowest BCUT2D eigenvalue weighted by Gasteiger charge is -2.08. The molecule has 0 spiro atoms. The zero-order chi connectivity index (χ0) is 12.5. The van der Waals surface area contributed by atoms with Crippen molar-refractivity contribution in [3.8, 4) is 0 Å². The highest BCUT2D eigenvalue weighted by atomic mass is 16.3. The van der Waals surface area contributed by atoms with Crippen molar-refractivity contribution in [2.45, 2.75) is 52.1 Å². The van der Waals surface area contributed by atoms with E-state index in [0.29, 0.717) is 0 Å². The summed E-state index contributed by atoms with van der Waals surface area (Å²) in [6.07, 6.45) is 7.42. The smallest absolute Gasteiger partial charge is 0.0726 e. The summed E-state index contributed by atoms with van der Waals surface area (Å²) in [7, 11) is 0. The van der Waals surface area contributed by atoms with Crippen LogP contribution in [0.3, 0.4) is 0 Å². The van der Waals surface area contributed by atoms with Gasteiger partial charge in [0.05, 0.1) is 6.10 Å². The van der Waals surface area contributed by atoms with Crippen LogP contribution in [-0.2, 0) is 0 Å². The first kappa shape index (κ1) is 14.0. The van der Waals surface area contributed by atoms with Crippen molar-refractivity contribution in [2.75, 3.05) is 0 Å². The molecule has 0 heterocycles. The van der Waals surface area contributed by atoms with E-state index in [0.717, 1.165) is 18.4 Å². The van der Waals surface area contributed by atoms with Gasteiger partial charge in [0.25, 0.3) is 0 Å². The molecule has 0 radical (unpaired) electrons. The van der Waals surface area contributed by atoms with E-state index in [1.807, 2.05) is 24.3 Å². The maximum Gasteiger partial charge on any atom is 0.0726 e. The summed E-state index contributed by atoms with van der Waals surface area (Å²) in [5.74, 6) is 0. The van der Waals surface area contributed by atoms with Crippen molar-refractivity contribution in [1.29, 1.82) is 0 Å². The fourth-order valence-electron chi connectivity index (χ4n) is 1.95. The Morgan fingerprint density at radius 1 is 1.18 bits per heavy atom. The SMILES string of the molecule is CCCCCC[C@H](O)/C=C(\C)c1ccccc1. The summed E-state index contributed by atoms with van der Waals surface area (Å²) in [6, 6.07) is 10.2. The van der Waals surface area contributed by atoms with Gasteiger partial charge in [0.1, 0.15) is 0 Å². The maximum absolute atomic E-state index is 9.90. The number of benzene rings is 1. The van der Waals surface area contributed by atoms with Crippen LogP contribution in [0.25, 0.3) is 5.57 Å². The lowest BCUT2D eigenvalue weighted by atomic mass is 10.0. The number of hydrogen-bond donors (Lipinski definition) is 1. The molecule has 0 aliphatic carbocycles. The second-order valence-electron chi connectivity index (χ2n) is 4.63. The zero-order valence-electron chi connectivity index (χ0n) is 11.0. The van der Waals surface area contributed by atoms with Crippen LogP contribution in [0.4, 0.5) is 0 Å². The lowest BCUT2D eigenvalue weighted by molar-refractivity contribution is 0.208. The van der Waals surface area contributed by atoms with Crippen molar-refractivity contribution >= 4 is 5.57 Å². The monoisotopic (exact) mass is 232 g/mol. The number of rotatable bonds is 7. The van der Waals surface area contributed by atoms with Crippen LogP contribution in [0.5, 0.6) is 0 Å². The predicted octanol–water partition coefficient (Wildman–Crippen LogP) is 4.42. The van der Waals surface area contributed by atoms with E-state index in [2.05, 4.69) is 26.0 Å². The van der Waals surface area contributed by atoms with E-state index in [1.165, 1.54) is 24.8 Å². The van der Waals surface area contributed by atoms with Gasteiger partial charge in [-0.2, -0.15) is 0 Å². The molecule has 1 aromatic rings. The zero-order valence-corrected chi connectivity index (χ0v) is 11.0. The van der Waals surface area contributed by atoms with Crippen molar-refractivity contribution in [3.05, 3.63) is 42.0 Å². The lowest BCUT2D eigenvalue weighted by Crippen LogP contribution is -2.02. The van der Waals surface area contributed by atoms with Gasteiger partial charge in [-0.3, -0.25) is 0 Å². The molecule has 94 valence electrons. The van der Waals surface area contributed by atoms with Crippen LogP contribution >= 0.6 is 0 Å². The van der Waals surface area contributed by atoms with Gasteiger partial charge in [-0.05, 0) is 24.5 Å². The second-order valence-corrected chi connectivity index (χ2v) is 4.63. The molecule has 17 heavy (non-hydrogen) atoms. The van der Waals surface area contributed by atoms with Gasteiger partial charge in [-0.1, -0.05) is 69.0 Å². The topological polar surface area (TPSA) is 20.2 Å². The van der Waals surface area contributed by atoms with Crippen LogP contribution in [0.1, 0.15) is 51.5 Å². The van der Waals surface area contributed by atoms with E-state index >= 15 is 0 Å². The number of aliphatic hydroxyl groups excluding tert-OH is 1. The summed E-state index contributed by atoms with van der Waals surface area (Å²) in [5, 5.41) is 9.90. The Bertz CT molecular complexity index is 327. The molecular formula is C16H24O. The van der Waals surface area contributed by atoms with Crippen molar-refractivity contribution < 1.29 is 5.11 Å². The molecule has 0 bridgehead atoms. The van der Waals surface area contributed by atoms with Crippen LogP contribution < -0.4 is 0 Å². The van der Waals surface area contributed by atoms with E-state index < -0.39 is 0 Å². The quantitative estimate of drug-likeness (QED) is 0.690. The van der Waals surface area contributed by atoms with Gasteiger partial charge in [0, 0.05) is 0 Å². The third kappa shape index (κ3) is 5.69. The summed E-state index contributed by atoms with van der Waals surface area (Å²) >= 11 is 0. The van der Waals surface area contributed by atoms with E-state index in [9.17, 15) is 5.11 Å². The first-order valence-corrected chi connectivity index (χ1v) is 6.66. The third-order valence-corrected chi connectivity index (χ3v) is 3.02. The van der Waals surface area contributed by atoms with Gasteiger partial charge in [0.15, 0.2) is 0 Å². The molecule has 1 aromatic carbocycles. The van der Waals surface area contributed by atoms with Crippen molar-refractivity contribution in [2.24, 2.45) is 0 Å². The maximum atomic E-state index is 9.90. The van der Waals surface area contributed by atoms with Gasteiger partial charge >= 0.3 is 0 Å². The molecule has 0 amide bonds. The Hall–Kier alpha value is -1.08. The number of unbranched alkanes of at least 4 members (excludes halogenated alkanes) is 3. The Labute approximate surface area is 105 Å². The van der Waals surface area contributed by atoms with Gasteiger partial charge in [0.2, 0.25) is 0 Å². The predicted molar refractivity (Wildman–Crippen MR) is 74.9 cm³/mol. The second kappa shape index (κ2) is 8.08. The molecule has 1 rings (SSSR count). The molecular weight excluding hydrogens is 208 g/mol. The number of allylic oxidation sites excluding steroid dienone is 1. The molecule has 1 nitrogen and oxygen atoms in total. The van der Waals surface area contributed by atoms with Crippen molar-refractivity contribution in [3.63, 3.8) is 0 Å². The van der Waals surface area contributed by atoms with Crippen LogP contribution in [-0.4, -0.2) is 11.2 Å². The van der Waals surface area contributed by atoms with Gasteiger partial charge < -0.3 is 5.11 Å². The summed E-state index contributed by atoms with van der Waals surface area (Å²) < 4.78 is 0. The molecule has 0 aliphatic rings. The van der Waals surface area contributed by atoms with Gasteiger partial charge in [-0.15, -0.1) is 0 Å². The normalized spacial score (nSPS) is 13.7. The van der Waals surface area contributed by atoms with Crippen molar-refractivity contribution in [1.82, 2.24) is 0 Å². The average molecular weight is 232 g/mol. The molecule has 0 saturated carbocycles. The van der Waals surface area contributed by atoms with E-state index in [1.54, 1.807) is 0 Å². The van der Waals surface area contributed by atoms with Gasteiger partial charge in [-0.25, -0.2) is 0 Å². The molecule has 0 saturated heterocycles. The van der Waals surface area contributed by atoms with Crippen LogP contribution in [0.2, 0.25) is 0 Å². The van der Waals surface area contributed by atoms with E-state index in [4.69, 9.17) is 0 Å². The minimum Gasteiger partial charge on any atom is -0.389 e. The Morgan fingerprint density at radius 3 is 2.53 bits per heavy atom. The molecule has 1 N–H and O–H groups in total. The minimum atomic E-state index is -0.299. The molecule has 1 heteroatoms. The fraction of sp³-hybridized carbons (Fsp3) is 0.500. The Kier molecular flexibility index (Phi) is 6.64. The van der Waals surface area contributed by atoms with Crippen LogP contribution in [0, 0.1) is 0 Å². The summed E-state index contributed by atoms with van der Waals surface area (Å²) in [5.41, 5.74) is 2.36. The number of hydrogen-bond acceptors (Lipinski definition) is 1. The minimum absolute atomic E-state index is 0.299. The molecule has 0 unspecified atom stereocenters. The van der Waals surface area contributed by atoms with E-state index in [-0.39, 0.29) is 6.10 Å². The molecule has 0 aromatic heterocycles. The Balaban J connectivity index is 2.40. The highest BCUT2D eigenvalue weighted by Crippen LogP contribution is 2.15. The van der Waals surface area contributed by atoms with Crippen LogP contribution in [0.15, 0.2) is 36.4 Å². The standard InChI is InChI=1S/C16H24O/c1-3-4-5-9-12-16(17)13-14(2)15-10-7-6-8-11-15/h6-8,10-11,13,16-17H,3-5,9,12H2,1-2H3/b14-13+/t16-/m0/s1. The average Bonchev–Trinajstić information content (AvgIpc) is 2.36. The molecule has 1 atom stereocenters. The molecule has 0 fully saturated rings. The third-order valence-electron chi connectivity index (χ3n) is 3.02. The largest absolute Gasteiger partial charge is 0.389 e. The Morgan fingerprint density at radius 2 is 1.88 bits per heavy atom. The summed E-state index contributed by atoms with van der Waals surface area (Å²) in [4.78, 5) is 0. The molecule has 0 aliphatic heterocycles. The first-order chi connectivity index (χ1) is 8.24. The summed E-state index contributed by atoms with van der Waals surface area (Å²) in [6.45, 7) is 4.26. The fourth-order valence-corrected chi connectivity index (χ4v) is 1.95.